The number of nitrogens with zero attached hydrogens (tertiary/aromatic N) is 1. The van der Waals surface area contributed by atoms with E-state index in [1.54, 1.807) is 6.07 Å². The molecule has 0 bridgehead atoms. The van der Waals surface area contributed by atoms with Crippen molar-refractivity contribution in [2.75, 3.05) is 37.7 Å². The first kappa shape index (κ1) is 13.3. The molecule has 100 valence electrons. The summed E-state index contributed by atoms with van der Waals surface area (Å²) in [6.07, 6.45) is 0. The van der Waals surface area contributed by atoms with Crippen LogP contribution in [0.1, 0.15) is 25.5 Å². The van der Waals surface area contributed by atoms with Crippen molar-refractivity contribution in [1.82, 2.24) is 5.32 Å². The van der Waals surface area contributed by atoms with Crippen LogP contribution in [0.25, 0.3) is 0 Å². The van der Waals surface area contributed by atoms with Gasteiger partial charge in [-0.05, 0) is 31.2 Å². The number of hydrogen-bond acceptors (Lipinski definition) is 3. The van der Waals surface area contributed by atoms with E-state index in [1.165, 1.54) is 0 Å². The van der Waals surface area contributed by atoms with Gasteiger partial charge in [-0.2, -0.15) is 0 Å². The smallest absolute Gasteiger partial charge is 0.146 e. The van der Waals surface area contributed by atoms with Crippen LogP contribution in [0.4, 0.5) is 10.1 Å². The highest BCUT2D eigenvalue weighted by molar-refractivity contribution is 5.49. The lowest BCUT2D eigenvalue weighted by molar-refractivity contribution is 0.122. The van der Waals surface area contributed by atoms with Crippen molar-refractivity contribution in [3.05, 3.63) is 29.6 Å². The van der Waals surface area contributed by atoms with Crippen molar-refractivity contribution in [3.63, 3.8) is 0 Å². The van der Waals surface area contributed by atoms with Crippen molar-refractivity contribution < 1.29 is 9.13 Å². The Hall–Kier alpha value is -1.13. The summed E-state index contributed by atoms with van der Waals surface area (Å²) >= 11 is 0. The van der Waals surface area contributed by atoms with E-state index in [0.717, 1.165) is 25.2 Å². The van der Waals surface area contributed by atoms with Crippen molar-refractivity contribution in [2.45, 2.75) is 19.9 Å². The Labute approximate surface area is 108 Å². The molecule has 1 aromatic rings. The molecule has 3 nitrogen and oxygen atoms in total. The van der Waals surface area contributed by atoms with E-state index in [-0.39, 0.29) is 11.9 Å². The van der Waals surface area contributed by atoms with Gasteiger partial charge in [0, 0.05) is 19.1 Å². The molecule has 1 heterocycles. The Morgan fingerprint density at radius 3 is 2.72 bits per heavy atom. The fourth-order valence-corrected chi connectivity index (χ4v) is 2.28. The number of nitrogens with one attached hydrogen (secondary N) is 1. The second-order valence-electron chi connectivity index (χ2n) is 4.59. The Morgan fingerprint density at radius 1 is 1.39 bits per heavy atom. The summed E-state index contributed by atoms with van der Waals surface area (Å²) in [5.41, 5.74) is 1.68. The normalized spacial score (nSPS) is 17.8. The van der Waals surface area contributed by atoms with Crippen molar-refractivity contribution in [1.29, 1.82) is 0 Å². The van der Waals surface area contributed by atoms with E-state index < -0.39 is 0 Å². The van der Waals surface area contributed by atoms with Gasteiger partial charge >= 0.3 is 0 Å². The van der Waals surface area contributed by atoms with Crippen LogP contribution < -0.4 is 10.2 Å². The average molecular weight is 252 g/mol. The average Bonchev–Trinajstić information content (AvgIpc) is 2.40. The molecule has 1 aromatic carbocycles. The van der Waals surface area contributed by atoms with Crippen molar-refractivity contribution in [3.8, 4) is 0 Å². The molecule has 0 spiro atoms. The van der Waals surface area contributed by atoms with Gasteiger partial charge < -0.3 is 15.0 Å². The van der Waals surface area contributed by atoms with E-state index in [0.29, 0.717) is 18.9 Å². The maximum absolute atomic E-state index is 14.1. The minimum absolute atomic E-state index is 0.140. The van der Waals surface area contributed by atoms with Crippen LogP contribution in [0.15, 0.2) is 18.2 Å². The molecule has 0 radical (unpaired) electrons. The SMILES string of the molecule is CCNC(C)c1ccc(N2CCOCC2)c(F)c1. The Kier molecular flexibility index (Phi) is 4.55. The second kappa shape index (κ2) is 6.16. The summed E-state index contributed by atoms with van der Waals surface area (Å²) in [4.78, 5) is 2.04. The standard InChI is InChI=1S/C14H21FN2O/c1-3-16-11(2)12-4-5-14(13(15)10-12)17-6-8-18-9-7-17/h4-5,10-11,16H,3,6-9H2,1-2H3. The van der Waals surface area contributed by atoms with Gasteiger partial charge in [-0.15, -0.1) is 0 Å². The quantitative estimate of drug-likeness (QED) is 0.890. The zero-order chi connectivity index (χ0) is 13.0. The van der Waals surface area contributed by atoms with Crippen LogP contribution in [0.3, 0.4) is 0 Å². The van der Waals surface area contributed by atoms with Gasteiger partial charge in [0.05, 0.1) is 18.9 Å². The Morgan fingerprint density at radius 2 is 2.11 bits per heavy atom. The van der Waals surface area contributed by atoms with Gasteiger partial charge in [-0.3, -0.25) is 0 Å². The van der Waals surface area contributed by atoms with Gasteiger partial charge in [0.15, 0.2) is 0 Å². The third kappa shape index (κ3) is 3.00. The first-order valence-corrected chi connectivity index (χ1v) is 6.58. The zero-order valence-corrected chi connectivity index (χ0v) is 11.1. The summed E-state index contributed by atoms with van der Waals surface area (Å²) in [6, 6.07) is 5.70. The number of anilines is 1. The van der Waals surface area contributed by atoms with Crippen LogP contribution in [0, 0.1) is 5.82 Å². The number of benzene rings is 1. The highest BCUT2D eigenvalue weighted by Gasteiger charge is 2.16. The Bertz CT molecular complexity index is 391. The van der Waals surface area contributed by atoms with Crippen LogP contribution in [0.2, 0.25) is 0 Å². The molecule has 1 aliphatic heterocycles. The van der Waals surface area contributed by atoms with Gasteiger partial charge in [0.1, 0.15) is 5.82 Å². The van der Waals surface area contributed by atoms with Gasteiger partial charge in [-0.1, -0.05) is 13.0 Å². The number of ether oxygens (including phenoxy) is 1. The molecule has 1 aliphatic rings. The maximum atomic E-state index is 14.1. The first-order chi connectivity index (χ1) is 8.72. The fraction of sp³-hybridized carbons (Fsp3) is 0.571. The molecule has 1 saturated heterocycles. The van der Waals surface area contributed by atoms with Gasteiger partial charge in [0.25, 0.3) is 0 Å². The number of halogens is 1. The molecular formula is C14H21FN2O. The number of hydrogen-bond donors (Lipinski definition) is 1. The molecule has 0 aliphatic carbocycles. The third-order valence-corrected chi connectivity index (χ3v) is 3.33. The Balaban J connectivity index is 2.13. The maximum Gasteiger partial charge on any atom is 0.146 e. The topological polar surface area (TPSA) is 24.5 Å². The molecule has 0 saturated carbocycles. The van der Waals surface area contributed by atoms with Crippen LogP contribution in [0.5, 0.6) is 0 Å². The minimum atomic E-state index is -0.140. The lowest BCUT2D eigenvalue weighted by atomic mass is 10.1. The van der Waals surface area contributed by atoms with E-state index >= 15 is 0 Å². The number of rotatable bonds is 4. The van der Waals surface area contributed by atoms with Crippen LogP contribution >= 0.6 is 0 Å². The molecule has 1 fully saturated rings. The third-order valence-electron chi connectivity index (χ3n) is 3.33. The molecule has 2 rings (SSSR count). The molecule has 1 unspecified atom stereocenters. The highest BCUT2D eigenvalue weighted by atomic mass is 19.1. The monoisotopic (exact) mass is 252 g/mol. The summed E-state index contributed by atoms with van der Waals surface area (Å²) in [7, 11) is 0. The molecule has 0 aromatic heterocycles. The lowest BCUT2D eigenvalue weighted by Gasteiger charge is -2.29. The molecular weight excluding hydrogens is 231 g/mol. The highest BCUT2D eigenvalue weighted by Crippen LogP contribution is 2.24. The largest absolute Gasteiger partial charge is 0.378 e. The first-order valence-electron chi connectivity index (χ1n) is 6.58. The predicted octanol–water partition coefficient (Wildman–Crippen LogP) is 2.33. The van der Waals surface area contributed by atoms with E-state index in [9.17, 15) is 4.39 Å². The second-order valence-corrected chi connectivity index (χ2v) is 4.59. The molecule has 4 heteroatoms. The van der Waals surface area contributed by atoms with E-state index in [2.05, 4.69) is 12.2 Å². The van der Waals surface area contributed by atoms with Crippen molar-refractivity contribution >= 4 is 5.69 Å². The number of morpholine rings is 1. The summed E-state index contributed by atoms with van der Waals surface area (Å²) in [6.45, 7) is 7.86. The van der Waals surface area contributed by atoms with Gasteiger partial charge in [-0.25, -0.2) is 4.39 Å². The molecule has 1 atom stereocenters. The molecule has 18 heavy (non-hydrogen) atoms. The minimum Gasteiger partial charge on any atom is -0.378 e. The predicted molar refractivity (Wildman–Crippen MR) is 71.5 cm³/mol. The van der Waals surface area contributed by atoms with E-state index in [4.69, 9.17) is 4.74 Å². The van der Waals surface area contributed by atoms with Crippen LogP contribution in [-0.4, -0.2) is 32.8 Å². The summed E-state index contributed by atoms with van der Waals surface area (Å²) < 4.78 is 19.4. The summed E-state index contributed by atoms with van der Waals surface area (Å²) in [5, 5.41) is 3.29. The fourth-order valence-electron chi connectivity index (χ4n) is 2.28. The van der Waals surface area contributed by atoms with Crippen LogP contribution in [-0.2, 0) is 4.74 Å². The molecule has 0 amide bonds. The van der Waals surface area contributed by atoms with Gasteiger partial charge in [0.2, 0.25) is 0 Å². The van der Waals surface area contributed by atoms with Crippen molar-refractivity contribution in [2.24, 2.45) is 0 Å². The zero-order valence-electron chi connectivity index (χ0n) is 11.1. The van der Waals surface area contributed by atoms with E-state index in [1.807, 2.05) is 24.0 Å². The lowest BCUT2D eigenvalue weighted by Crippen LogP contribution is -2.36. The summed E-state index contributed by atoms with van der Waals surface area (Å²) in [5.74, 6) is -0.140. The molecule has 1 N–H and O–H groups in total.